The molecule has 0 spiro atoms. The van der Waals surface area contributed by atoms with Crippen LogP contribution < -0.4 is 15.5 Å². The van der Waals surface area contributed by atoms with E-state index in [1.54, 1.807) is 18.4 Å². The van der Waals surface area contributed by atoms with Crippen LogP contribution in [-0.2, 0) is 6.54 Å². The monoisotopic (exact) mass is 331 g/mol. The van der Waals surface area contributed by atoms with E-state index in [9.17, 15) is 0 Å². The van der Waals surface area contributed by atoms with Crippen molar-refractivity contribution < 1.29 is 0 Å². The summed E-state index contributed by atoms with van der Waals surface area (Å²) in [6, 6.07) is 10.4. The largest absolute Gasteiger partial charge is 0.373 e. The molecule has 0 unspecified atom stereocenters. The molecule has 0 aliphatic rings. The number of hydrogen-bond donors (Lipinski definition) is 2. The highest BCUT2D eigenvalue weighted by Crippen LogP contribution is 2.15. The minimum absolute atomic E-state index is 0.702. The number of anilines is 1. The molecule has 1 aromatic heterocycles. The van der Waals surface area contributed by atoms with E-state index in [0.717, 1.165) is 29.8 Å². The Hall–Kier alpha value is -2.08. The van der Waals surface area contributed by atoms with E-state index < -0.39 is 0 Å². The zero-order valence-corrected chi connectivity index (χ0v) is 15.1. The minimum Gasteiger partial charge on any atom is -0.373 e. The Labute approximate surface area is 142 Å². The van der Waals surface area contributed by atoms with Crippen LogP contribution in [0.4, 0.5) is 5.69 Å². The van der Waals surface area contributed by atoms with Gasteiger partial charge in [-0.2, -0.15) is 0 Å². The maximum atomic E-state index is 4.53. The zero-order valence-electron chi connectivity index (χ0n) is 14.3. The normalized spacial score (nSPS) is 11.4. The van der Waals surface area contributed by atoms with Crippen molar-refractivity contribution in [3.8, 4) is 0 Å². The highest BCUT2D eigenvalue weighted by atomic mass is 32.1. The highest BCUT2D eigenvalue weighted by Gasteiger charge is 2.05. The minimum atomic E-state index is 0.702. The third-order valence-corrected chi connectivity index (χ3v) is 4.71. The van der Waals surface area contributed by atoms with Crippen LogP contribution in [0.1, 0.15) is 15.6 Å². The van der Waals surface area contributed by atoms with Gasteiger partial charge in [-0.3, -0.25) is 4.99 Å². The number of hydrogen-bond acceptors (Lipinski definition) is 4. The van der Waals surface area contributed by atoms with Crippen LogP contribution >= 0.6 is 11.3 Å². The van der Waals surface area contributed by atoms with Gasteiger partial charge < -0.3 is 15.5 Å². The van der Waals surface area contributed by atoms with Gasteiger partial charge in [0.25, 0.3) is 0 Å². The molecular weight excluding hydrogens is 306 g/mol. The van der Waals surface area contributed by atoms with Gasteiger partial charge in [-0.25, -0.2) is 4.98 Å². The number of likely N-dealkylation sites (N-methyl/N-ethyl adjacent to an activating group) is 1. The van der Waals surface area contributed by atoms with Crippen LogP contribution in [0.2, 0.25) is 0 Å². The molecule has 2 aromatic rings. The maximum absolute atomic E-state index is 4.53. The van der Waals surface area contributed by atoms with Gasteiger partial charge in [0.2, 0.25) is 0 Å². The molecule has 1 heterocycles. The summed E-state index contributed by atoms with van der Waals surface area (Å²) in [7, 11) is 3.88. The van der Waals surface area contributed by atoms with E-state index in [0.29, 0.717) is 6.54 Å². The number of aromatic nitrogens is 1. The van der Waals surface area contributed by atoms with Gasteiger partial charge in [0.05, 0.1) is 12.2 Å². The van der Waals surface area contributed by atoms with Crippen molar-refractivity contribution in [1.82, 2.24) is 15.6 Å². The summed E-state index contributed by atoms with van der Waals surface area (Å²) in [6.45, 7) is 6.57. The Balaban J connectivity index is 1.75. The fourth-order valence-corrected chi connectivity index (χ4v) is 3.02. The summed E-state index contributed by atoms with van der Waals surface area (Å²) < 4.78 is 0. The summed E-state index contributed by atoms with van der Waals surface area (Å²) in [4.78, 5) is 12.3. The molecule has 0 atom stereocenters. The molecule has 23 heavy (non-hydrogen) atoms. The van der Waals surface area contributed by atoms with Crippen LogP contribution in [0.5, 0.6) is 0 Å². The number of aryl methyl sites for hydroxylation is 2. The second-order valence-electron chi connectivity index (χ2n) is 5.36. The molecule has 0 radical (unpaired) electrons. The summed E-state index contributed by atoms with van der Waals surface area (Å²) in [5.41, 5.74) is 2.32. The molecule has 2 rings (SSSR count). The molecule has 124 valence electrons. The van der Waals surface area contributed by atoms with Crippen LogP contribution in [-0.4, -0.2) is 38.1 Å². The molecule has 0 saturated carbocycles. The third kappa shape index (κ3) is 5.25. The van der Waals surface area contributed by atoms with Gasteiger partial charge in [0.15, 0.2) is 5.96 Å². The Kier molecular flexibility index (Phi) is 6.40. The average molecular weight is 331 g/mol. The van der Waals surface area contributed by atoms with E-state index in [-0.39, 0.29) is 0 Å². The second-order valence-corrected chi connectivity index (χ2v) is 6.65. The van der Waals surface area contributed by atoms with E-state index in [1.165, 1.54) is 10.6 Å². The van der Waals surface area contributed by atoms with Gasteiger partial charge in [0, 0.05) is 37.7 Å². The number of thiazole rings is 1. The molecule has 5 nitrogen and oxygen atoms in total. The quantitative estimate of drug-likeness (QED) is 0.631. The number of nitrogens with one attached hydrogen (secondary N) is 2. The molecule has 0 amide bonds. The summed E-state index contributed by atoms with van der Waals surface area (Å²) in [5, 5.41) is 7.73. The number of nitrogens with zero attached hydrogens (tertiary/aromatic N) is 3. The van der Waals surface area contributed by atoms with Gasteiger partial charge in [0.1, 0.15) is 5.01 Å². The first-order valence-electron chi connectivity index (χ1n) is 7.73. The zero-order chi connectivity index (χ0) is 16.7. The molecule has 1 aromatic carbocycles. The summed E-state index contributed by atoms with van der Waals surface area (Å²) >= 11 is 1.73. The number of rotatable bonds is 6. The highest BCUT2D eigenvalue weighted by molar-refractivity contribution is 7.11. The smallest absolute Gasteiger partial charge is 0.191 e. The lowest BCUT2D eigenvalue weighted by Gasteiger charge is -2.20. The lowest BCUT2D eigenvalue weighted by molar-refractivity contribution is 0.774. The Bertz CT molecular complexity index is 616. The van der Waals surface area contributed by atoms with Crippen molar-refractivity contribution in [2.24, 2.45) is 4.99 Å². The van der Waals surface area contributed by atoms with Gasteiger partial charge in [-0.1, -0.05) is 18.2 Å². The lowest BCUT2D eigenvalue weighted by atomic mass is 10.3. The van der Waals surface area contributed by atoms with E-state index in [1.807, 2.05) is 13.0 Å². The molecule has 6 heteroatoms. The lowest BCUT2D eigenvalue weighted by Crippen LogP contribution is -2.40. The first kappa shape index (κ1) is 17.3. The van der Waals surface area contributed by atoms with Crippen molar-refractivity contribution in [1.29, 1.82) is 0 Å². The predicted octanol–water partition coefficient (Wildman–Crippen LogP) is 2.56. The number of benzene rings is 1. The van der Waals surface area contributed by atoms with Gasteiger partial charge in [-0.15, -0.1) is 11.3 Å². The molecular formula is C17H25N5S. The number of guanidine groups is 1. The number of aliphatic imine (C=N–C) groups is 1. The SMILES string of the molecule is CN=C(NCCN(C)c1ccccc1)NCc1nc(C)c(C)s1. The van der Waals surface area contributed by atoms with Crippen molar-refractivity contribution >= 4 is 23.0 Å². The topological polar surface area (TPSA) is 52.6 Å². The van der Waals surface area contributed by atoms with Gasteiger partial charge >= 0.3 is 0 Å². The Morgan fingerprint density at radius 3 is 2.57 bits per heavy atom. The number of para-hydroxylation sites is 1. The molecule has 0 aliphatic carbocycles. The Morgan fingerprint density at radius 2 is 1.96 bits per heavy atom. The first-order chi connectivity index (χ1) is 11.1. The van der Waals surface area contributed by atoms with Crippen LogP contribution in [0.15, 0.2) is 35.3 Å². The Morgan fingerprint density at radius 1 is 1.22 bits per heavy atom. The van der Waals surface area contributed by atoms with Crippen molar-refractivity contribution in [2.75, 3.05) is 32.1 Å². The van der Waals surface area contributed by atoms with E-state index >= 15 is 0 Å². The molecule has 0 bridgehead atoms. The van der Waals surface area contributed by atoms with Crippen molar-refractivity contribution in [2.45, 2.75) is 20.4 Å². The van der Waals surface area contributed by atoms with E-state index in [2.05, 4.69) is 63.7 Å². The van der Waals surface area contributed by atoms with Crippen LogP contribution in [0.3, 0.4) is 0 Å². The fraction of sp³-hybridized carbons (Fsp3) is 0.412. The standard InChI is InChI=1S/C17H25N5S/c1-13-14(2)23-16(21-13)12-20-17(18-3)19-10-11-22(4)15-8-6-5-7-9-15/h5-9H,10-12H2,1-4H3,(H2,18,19,20). The predicted molar refractivity (Wildman–Crippen MR) is 99.5 cm³/mol. The first-order valence-corrected chi connectivity index (χ1v) is 8.55. The van der Waals surface area contributed by atoms with Crippen LogP contribution in [0, 0.1) is 13.8 Å². The molecule has 0 fully saturated rings. The maximum Gasteiger partial charge on any atom is 0.191 e. The summed E-state index contributed by atoms with van der Waals surface area (Å²) in [5.74, 6) is 0.803. The average Bonchev–Trinajstić information content (AvgIpc) is 2.89. The molecule has 0 aliphatic heterocycles. The molecule has 0 saturated heterocycles. The van der Waals surface area contributed by atoms with Crippen molar-refractivity contribution in [3.05, 3.63) is 45.9 Å². The van der Waals surface area contributed by atoms with E-state index in [4.69, 9.17) is 0 Å². The second kappa shape index (κ2) is 8.53. The third-order valence-electron chi connectivity index (χ3n) is 3.64. The molecule has 2 N–H and O–H groups in total. The summed E-state index contributed by atoms with van der Waals surface area (Å²) in [6.07, 6.45) is 0. The van der Waals surface area contributed by atoms with Crippen LogP contribution in [0.25, 0.3) is 0 Å². The van der Waals surface area contributed by atoms with Crippen molar-refractivity contribution in [3.63, 3.8) is 0 Å². The van der Waals surface area contributed by atoms with Gasteiger partial charge in [-0.05, 0) is 26.0 Å². The fourth-order valence-electron chi connectivity index (χ4n) is 2.15.